The fourth-order valence-corrected chi connectivity index (χ4v) is 5.20. The van der Waals surface area contributed by atoms with Gasteiger partial charge in [-0.25, -0.2) is 4.39 Å². The summed E-state index contributed by atoms with van der Waals surface area (Å²) in [5, 5.41) is 0. The summed E-state index contributed by atoms with van der Waals surface area (Å²) < 4.78 is 25.4. The minimum absolute atomic E-state index is 0.234. The van der Waals surface area contributed by atoms with Crippen LogP contribution in [0.4, 0.5) is 4.39 Å². The van der Waals surface area contributed by atoms with Gasteiger partial charge in [0.2, 0.25) is 0 Å². The number of fused-ring (bicyclic) bond motifs is 1. The van der Waals surface area contributed by atoms with Crippen LogP contribution in [-0.2, 0) is 9.47 Å². The summed E-state index contributed by atoms with van der Waals surface area (Å²) in [6.07, 6.45) is 9.93. The summed E-state index contributed by atoms with van der Waals surface area (Å²) in [6.45, 7) is 3.19. The molecule has 1 atom stereocenters. The number of pyridine rings is 1. The molecule has 5 nitrogen and oxygen atoms in total. The van der Waals surface area contributed by atoms with E-state index in [1.165, 1.54) is 23.3 Å². The number of halogens is 1. The molecule has 3 aliphatic heterocycles. The lowest BCUT2D eigenvalue weighted by Crippen LogP contribution is -2.36. The molecule has 3 aliphatic rings. The first kappa shape index (κ1) is 18.9. The van der Waals surface area contributed by atoms with Crippen LogP contribution >= 0.6 is 0 Å². The van der Waals surface area contributed by atoms with Gasteiger partial charge in [-0.15, -0.1) is 0 Å². The molecule has 1 N–H and O–H groups in total. The third-order valence-electron chi connectivity index (χ3n) is 6.64. The van der Waals surface area contributed by atoms with Crippen molar-refractivity contribution in [2.45, 2.75) is 24.7 Å². The van der Waals surface area contributed by atoms with E-state index >= 15 is 0 Å². The molecule has 158 valence electrons. The van der Waals surface area contributed by atoms with Crippen LogP contribution in [0.2, 0.25) is 0 Å². The number of benzene rings is 1. The summed E-state index contributed by atoms with van der Waals surface area (Å²) in [6, 6.07) is 11.0. The Morgan fingerprint density at radius 3 is 2.58 bits per heavy atom. The number of nitrogens with one attached hydrogen (secondary N) is 1. The van der Waals surface area contributed by atoms with Gasteiger partial charge in [0.05, 0.1) is 25.5 Å². The first-order valence-corrected chi connectivity index (χ1v) is 10.8. The maximum atomic E-state index is 13.5. The molecule has 31 heavy (non-hydrogen) atoms. The molecule has 0 saturated carbocycles. The summed E-state index contributed by atoms with van der Waals surface area (Å²) in [5.74, 6) is -0.662. The maximum absolute atomic E-state index is 13.5. The average Bonchev–Trinajstić information content (AvgIpc) is 3.52. The monoisotopic (exact) mass is 417 g/mol. The Hall–Kier alpha value is -2.80. The molecular formula is C25H24FN3O2. The zero-order valence-electron chi connectivity index (χ0n) is 17.2. The van der Waals surface area contributed by atoms with Gasteiger partial charge in [0.25, 0.3) is 0 Å². The van der Waals surface area contributed by atoms with E-state index in [4.69, 9.17) is 9.47 Å². The van der Waals surface area contributed by atoms with Crippen molar-refractivity contribution >= 4 is 5.57 Å². The second-order valence-corrected chi connectivity index (χ2v) is 8.49. The van der Waals surface area contributed by atoms with E-state index in [1.54, 1.807) is 0 Å². The van der Waals surface area contributed by atoms with Crippen molar-refractivity contribution < 1.29 is 13.9 Å². The molecule has 6 heteroatoms. The van der Waals surface area contributed by atoms with Gasteiger partial charge < -0.3 is 14.5 Å². The number of nitrogens with zero attached hydrogens (tertiary/aromatic N) is 2. The molecule has 0 radical (unpaired) electrons. The van der Waals surface area contributed by atoms with Crippen molar-refractivity contribution in [1.82, 2.24) is 14.9 Å². The molecule has 1 spiro atoms. The zero-order valence-corrected chi connectivity index (χ0v) is 17.2. The molecule has 0 amide bonds. The fraction of sp³-hybridized carbons (Fsp3) is 0.320. The largest absolute Gasteiger partial charge is 0.360 e. The highest BCUT2D eigenvalue weighted by atomic mass is 19.1. The Morgan fingerprint density at radius 2 is 1.81 bits per heavy atom. The molecule has 0 aliphatic carbocycles. The minimum atomic E-state index is -0.429. The summed E-state index contributed by atoms with van der Waals surface area (Å²) >= 11 is 0. The Kier molecular flexibility index (Phi) is 4.52. The lowest BCUT2D eigenvalue weighted by Gasteiger charge is -2.28. The van der Waals surface area contributed by atoms with Crippen molar-refractivity contribution in [2.75, 3.05) is 26.3 Å². The van der Waals surface area contributed by atoms with Crippen molar-refractivity contribution in [3.63, 3.8) is 0 Å². The van der Waals surface area contributed by atoms with E-state index in [-0.39, 0.29) is 5.82 Å². The SMILES string of the molecule is Fc1ccc(-c2[nH]cc(C3=C[C@@H]4CC5(CN4CC3)OCCO5)c2-c2ccncc2)cc1. The van der Waals surface area contributed by atoms with Gasteiger partial charge in [-0.1, -0.05) is 6.08 Å². The summed E-state index contributed by atoms with van der Waals surface area (Å²) in [7, 11) is 0. The topological polar surface area (TPSA) is 50.4 Å². The third-order valence-corrected chi connectivity index (χ3v) is 6.64. The van der Waals surface area contributed by atoms with Crippen molar-refractivity contribution in [3.8, 4) is 22.4 Å². The minimum Gasteiger partial charge on any atom is -0.360 e. The first-order valence-electron chi connectivity index (χ1n) is 10.8. The number of aromatic amines is 1. The lowest BCUT2D eigenvalue weighted by molar-refractivity contribution is -0.145. The third kappa shape index (κ3) is 3.31. The van der Waals surface area contributed by atoms with Gasteiger partial charge >= 0.3 is 0 Å². The van der Waals surface area contributed by atoms with Crippen LogP contribution in [0.15, 0.2) is 61.1 Å². The van der Waals surface area contributed by atoms with Crippen LogP contribution in [0, 0.1) is 5.82 Å². The smallest absolute Gasteiger partial charge is 0.183 e. The Bertz CT molecular complexity index is 1120. The van der Waals surface area contributed by atoms with E-state index in [0.29, 0.717) is 19.3 Å². The van der Waals surface area contributed by atoms with Gasteiger partial charge in [0.1, 0.15) is 5.82 Å². The van der Waals surface area contributed by atoms with E-state index in [1.807, 2.05) is 36.7 Å². The molecular weight excluding hydrogens is 393 g/mol. The molecule has 5 heterocycles. The fourth-order valence-electron chi connectivity index (χ4n) is 5.20. The second-order valence-electron chi connectivity index (χ2n) is 8.49. The highest BCUT2D eigenvalue weighted by molar-refractivity contribution is 5.91. The molecule has 0 bridgehead atoms. The first-order chi connectivity index (χ1) is 15.2. The van der Waals surface area contributed by atoms with Crippen LogP contribution in [0.25, 0.3) is 28.0 Å². The van der Waals surface area contributed by atoms with Gasteiger partial charge in [0, 0.05) is 48.7 Å². The van der Waals surface area contributed by atoms with Crippen molar-refractivity contribution in [2.24, 2.45) is 0 Å². The van der Waals surface area contributed by atoms with Gasteiger partial charge in [0.15, 0.2) is 5.79 Å². The highest BCUT2D eigenvalue weighted by Gasteiger charge is 2.48. The Balaban J connectivity index is 1.42. The van der Waals surface area contributed by atoms with Crippen LogP contribution in [0.1, 0.15) is 18.4 Å². The number of hydrogen-bond donors (Lipinski definition) is 1. The van der Waals surface area contributed by atoms with E-state index < -0.39 is 5.79 Å². The summed E-state index contributed by atoms with van der Waals surface area (Å²) in [5.41, 5.74) is 6.71. The van der Waals surface area contributed by atoms with Gasteiger partial charge in [-0.3, -0.25) is 9.88 Å². The molecule has 6 rings (SSSR count). The standard InChI is InChI=1S/C25H24FN3O2/c26-20-3-1-18(2-4-20)24-23(17-5-8-27-9-6-17)22(15-28-24)19-7-10-29-16-25(14-21(29)13-19)30-11-12-31-25/h1-6,8-9,13,15,21,28H,7,10-12,14,16H2/t21-/m1/s1. The maximum Gasteiger partial charge on any atom is 0.183 e. The number of H-pyrrole nitrogens is 1. The van der Waals surface area contributed by atoms with Crippen molar-refractivity contribution in [1.29, 1.82) is 0 Å². The van der Waals surface area contributed by atoms with E-state index in [9.17, 15) is 4.39 Å². The number of ether oxygens (including phenoxy) is 2. The number of rotatable bonds is 3. The molecule has 1 aromatic carbocycles. The van der Waals surface area contributed by atoms with E-state index in [0.717, 1.165) is 48.3 Å². The molecule has 3 aromatic rings. The van der Waals surface area contributed by atoms with Crippen LogP contribution in [0.3, 0.4) is 0 Å². The number of aromatic nitrogens is 2. The number of hydrogen-bond acceptors (Lipinski definition) is 4. The lowest BCUT2D eigenvalue weighted by atomic mass is 9.90. The predicted octanol–water partition coefficient (Wildman–Crippen LogP) is 4.49. The molecule has 2 aromatic heterocycles. The molecule has 0 unspecified atom stereocenters. The summed E-state index contributed by atoms with van der Waals surface area (Å²) in [4.78, 5) is 10.1. The van der Waals surface area contributed by atoms with Crippen LogP contribution in [0.5, 0.6) is 0 Å². The van der Waals surface area contributed by atoms with E-state index in [2.05, 4.69) is 27.1 Å². The Labute approximate surface area is 180 Å². The van der Waals surface area contributed by atoms with Crippen LogP contribution in [-0.4, -0.2) is 53.0 Å². The zero-order chi connectivity index (χ0) is 20.8. The molecule has 2 saturated heterocycles. The Morgan fingerprint density at radius 1 is 1.03 bits per heavy atom. The highest BCUT2D eigenvalue weighted by Crippen LogP contribution is 2.43. The quantitative estimate of drug-likeness (QED) is 0.682. The van der Waals surface area contributed by atoms with Gasteiger partial charge in [-0.2, -0.15) is 0 Å². The second kappa shape index (κ2) is 7.41. The normalized spacial score (nSPS) is 22.6. The average molecular weight is 417 g/mol. The molecule has 2 fully saturated rings. The van der Waals surface area contributed by atoms with Crippen molar-refractivity contribution in [3.05, 3.63) is 72.4 Å². The van der Waals surface area contributed by atoms with Crippen LogP contribution < -0.4 is 0 Å². The predicted molar refractivity (Wildman–Crippen MR) is 117 cm³/mol. The van der Waals surface area contributed by atoms with Gasteiger partial charge in [-0.05, 0) is 59.5 Å².